The van der Waals surface area contributed by atoms with Crippen molar-refractivity contribution in [2.45, 2.75) is 6.92 Å². The largest absolute Gasteiger partial charge is 0.462 e. The number of hydrogen-bond acceptors (Lipinski definition) is 5. The van der Waals surface area contributed by atoms with E-state index < -0.39 is 11.8 Å². The van der Waals surface area contributed by atoms with Crippen LogP contribution in [0.5, 0.6) is 0 Å². The highest BCUT2D eigenvalue weighted by molar-refractivity contribution is 6.51. The minimum Gasteiger partial charge on any atom is -0.462 e. The van der Waals surface area contributed by atoms with Crippen LogP contribution >= 0.6 is 23.4 Å². The zero-order valence-corrected chi connectivity index (χ0v) is 12.5. The van der Waals surface area contributed by atoms with Gasteiger partial charge in [0.05, 0.1) is 12.2 Å². The summed E-state index contributed by atoms with van der Waals surface area (Å²) in [6, 6.07) is 6.64. The van der Waals surface area contributed by atoms with Gasteiger partial charge in [-0.15, -0.1) is 0 Å². The molecule has 6 nitrogen and oxygen atoms in total. The third-order valence-corrected chi connectivity index (χ3v) is 2.84. The zero-order valence-electron chi connectivity index (χ0n) is 11.0. The highest BCUT2D eigenvalue weighted by Gasteiger charge is 2.28. The van der Waals surface area contributed by atoms with Crippen LogP contribution in [-0.4, -0.2) is 28.8 Å². The molecule has 1 aliphatic heterocycles. The van der Waals surface area contributed by atoms with Gasteiger partial charge in [-0.3, -0.25) is 9.59 Å². The van der Waals surface area contributed by atoms with Gasteiger partial charge >= 0.3 is 5.97 Å². The molecule has 0 fully saturated rings. The van der Waals surface area contributed by atoms with Crippen molar-refractivity contribution in [3.8, 4) is 0 Å². The zero-order chi connectivity index (χ0) is 16.0. The molecule has 0 aliphatic carbocycles. The first-order chi connectivity index (χ1) is 9.86. The lowest BCUT2D eigenvalue weighted by atomic mass is 10.2. The number of rotatable bonds is 2. The second-order valence-electron chi connectivity index (χ2n) is 3.76. The van der Waals surface area contributed by atoms with Crippen LogP contribution in [0, 0.1) is 0 Å². The Kier molecular flexibility index (Phi) is 6.20. The molecule has 1 aromatic carbocycles. The van der Waals surface area contributed by atoms with Gasteiger partial charge in [0.1, 0.15) is 5.03 Å². The maximum atomic E-state index is 11.1. The van der Waals surface area contributed by atoms with Gasteiger partial charge in [-0.25, -0.2) is 4.79 Å². The number of amides is 2. The quantitative estimate of drug-likeness (QED) is 0.388. The van der Waals surface area contributed by atoms with E-state index in [-0.39, 0.29) is 11.0 Å². The highest BCUT2D eigenvalue weighted by Crippen LogP contribution is 2.17. The lowest BCUT2D eigenvalue weighted by Gasteiger charge is -2.00. The van der Waals surface area contributed by atoms with Gasteiger partial charge < -0.3 is 10.5 Å². The monoisotopic (exact) mass is 330 g/mol. The summed E-state index contributed by atoms with van der Waals surface area (Å²) in [7, 11) is 0. The molecule has 21 heavy (non-hydrogen) atoms. The molecule has 0 unspecified atom stereocenters. The van der Waals surface area contributed by atoms with Crippen LogP contribution < -0.4 is 5.73 Å². The Balaban J connectivity index is 0.000000219. The Hall–Kier alpha value is -2.05. The third-order valence-electron chi connectivity index (χ3n) is 2.25. The van der Waals surface area contributed by atoms with Crippen molar-refractivity contribution in [1.82, 2.24) is 4.42 Å². The predicted octanol–water partition coefficient (Wildman–Crippen LogP) is 2.08. The number of nitrogen functional groups attached to an aromatic ring is 1. The van der Waals surface area contributed by atoms with Crippen LogP contribution in [0.1, 0.15) is 17.3 Å². The number of hydrogen-bond donors (Lipinski definition) is 1. The Bertz CT molecular complexity index is 584. The van der Waals surface area contributed by atoms with Gasteiger partial charge in [0.25, 0.3) is 11.8 Å². The molecule has 0 aromatic heterocycles. The summed E-state index contributed by atoms with van der Waals surface area (Å²) in [4.78, 5) is 32.0. The Morgan fingerprint density at radius 3 is 2.19 bits per heavy atom. The number of imide groups is 1. The number of anilines is 1. The first-order valence-electron chi connectivity index (χ1n) is 5.80. The number of halogens is 2. The fourth-order valence-corrected chi connectivity index (χ4v) is 1.62. The summed E-state index contributed by atoms with van der Waals surface area (Å²) in [5.74, 6) is -1.56. The first-order valence-corrected chi connectivity index (χ1v) is 6.52. The fraction of sp³-hybridized carbons (Fsp3) is 0.154. The van der Waals surface area contributed by atoms with Gasteiger partial charge in [0.15, 0.2) is 0 Å². The fourth-order valence-electron chi connectivity index (χ4n) is 1.25. The van der Waals surface area contributed by atoms with E-state index in [2.05, 4.69) is 0 Å². The molecule has 112 valence electrons. The van der Waals surface area contributed by atoms with Gasteiger partial charge in [-0.05, 0) is 31.2 Å². The number of carbonyl (C=O) groups excluding carboxylic acids is 3. The molecule has 0 atom stereocenters. The number of nitrogens with zero attached hydrogens (tertiary/aromatic N) is 1. The van der Waals surface area contributed by atoms with Gasteiger partial charge in [0.2, 0.25) is 0 Å². The van der Waals surface area contributed by atoms with Crippen molar-refractivity contribution >= 4 is 46.8 Å². The number of esters is 1. The van der Waals surface area contributed by atoms with Crippen molar-refractivity contribution in [1.29, 1.82) is 0 Å². The first kappa shape index (κ1) is 17.0. The van der Waals surface area contributed by atoms with Crippen LogP contribution in [0.25, 0.3) is 0 Å². The Labute approximate surface area is 131 Å². The number of carbonyl (C=O) groups is 3. The minimum absolute atomic E-state index is 0.144. The summed E-state index contributed by atoms with van der Waals surface area (Å²) >= 11 is 10.3. The van der Waals surface area contributed by atoms with E-state index >= 15 is 0 Å². The smallest absolute Gasteiger partial charge is 0.338 e. The van der Waals surface area contributed by atoms with Crippen molar-refractivity contribution in [2.75, 3.05) is 12.3 Å². The molecule has 1 aromatic rings. The van der Waals surface area contributed by atoms with Crippen LogP contribution in [0.15, 0.2) is 35.4 Å². The number of benzene rings is 1. The summed E-state index contributed by atoms with van der Waals surface area (Å²) in [6.07, 6.45) is 0.969. The molecule has 8 heteroatoms. The molecule has 1 heterocycles. The van der Waals surface area contributed by atoms with Crippen LogP contribution in [0.3, 0.4) is 0 Å². The molecule has 0 spiro atoms. The molecule has 0 saturated heterocycles. The van der Waals surface area contributed by atoms with Crippen molar-refractivity contribution in [3.63, 3.8) is 0 Å². The molecule has 2 rings (SSSR count). The molecule has 0 saturated carbocycles. The summed E-state index contributed by atoms with van der Waals surface area (Å²) < 4.78 is 5.22. The van der Waals surface area contributed by atoms with Gasteiger partial charge in [-0.2, -0.15) is 4.42 Å². The molecule has 1 aliphatic rings. The maximum absolute atomic E-state index is 11.1. The average Bonchev–Trinajstić information content (AvgIpc) is 2.67. The van der Waals surface area contributed by atoms with Gasteiger partial charge in [0, 0.05) is 23.5 Å². The highest BCUT2D eigenvalue weighted by atomic mass is 35.5. The van der Waals surface area contributed by atoms with E-state index in [0.717, 1.165) is 6.08 Å². The maximum Gasteiger partial charge on any atom is 0.338 e. The van der Waals surface area contributed by atoms with Gasteiger partial charge in [-0.1, -0.05) is 11.6 Å². The molecule has 2 amide bonds. The van der Waals surface area contributed by atoms with E-state index in [1.165, 1.54) is 0 Å². The third kappa shape index (κ3) is 4.77. The van der Waals surface area contributed by atoms with Crippen LogP contribution in [0.4, 0.5) is 5.69 Å². The van der Waals surface area contributed by atoms with Crippen LogP contribution in [-0.2, 0) is 14.3 Å². The summed E-state index contributed by atoms with van der Waals surface area (Å²) in [5, 5.41) is -0.144. The van der Waals surface area contributed by atoms with Crippen molar-refractivity contribution < 1.29 is 19.1 Å². The van der Waals surface area contributed by atoms with E-state index in [4.69, 9.17) is 33.8 Å². The molecular formula is C13H12Cl2N2O4. The van der Waals surface area contributed by atoms with E-state index in [0.29, 0.717) is 22.3 Å². The standard InChI is InChI=1S/C9H11NO2.C4HCl2NO2/c1-2-12-9(11)7-3-5-8(10)6-4-7;5-2-1-3(8)7(6)4(2)9/h3-6H,2,10H2,1H3;1H. The average molecular weight is 331 g/mol. The molecule has 0 bridgehead atoms. The number of ether oxygens (including phenoxy) is 1. The summed E-state index contributed by atoms with van der Waals surface area (Å²) in [6.45, 7) is 2.17. The Morgan fingerprint density at radius 2 is 1.86 bits per heavy atom. The SMILES string of the molecule is CCOC(=O)c1ccc(N)cc1.O=C1C=C(Cl)C(=O)N1Cl. The van der Waals surface area contributed by atoms with Crippen molar-refractivity contribution in [3.05, 3.63) is 40.9 Å². The van der Waals surface area contributed by atoms with Crippen LogP contribution in [0.2, 0.25) is 0 Å². The van der Waals surface area contributed by atoms with E-state index in [1.54, 1.807) is 31.2 Å². The topological polar surface area (TPSA) is 89.7 Å². The summed E-state index contributed by atoms with van der Waals surface area (Å²) in [5.41, 5.74) is 6.62. The lowest BCUT2D eigenvalue weighted by Crippen LogP contribution is -2.19. The molecular weight excluding hydrogens is 319 g/mol. The predicted molar refractivity (Wildman–Crippen MR) is 78.5 cm³/mol. The van der Waals surface area contributed by atoms with E-state index in [1.807, 2.05) is 0 Å². The van der Waals surface area contributed by atoms with E-state index in [9.17, 15) is 14.4 Å². The molecule has 2 N–H and O–H groups in total. The lowest BCUT2D eigenvalue weighted by molar-refractivity contribution is -0.131. The normalized spacial score (nSPS) is 13.5. The van der Waals surface area contributed by atoms with Crippen molar-refractivity contribution in [2.24, 2.45) is 0 Å². The second-order valence-corrected chi connectivity index (χ2v) is 4.50. The Morgan fingerprint density at radius 1 is 1.29 bits per heavy atom. The second kappa shape index (κ2) is 7.66. The number of nitrogens with two attached hydrogens (primary N) is 1. The minimum atomic E-state index is -0.664. The molecule has 0 radical (unpaired) electrons.